The first kappa shape index (κ1) is 8.04. The molecule has 0 aliphatic carbocycles. The average molecular weight is 250 g/mol. The summed E-state index contributed by atoms with van der Waals surface area (Å²) in [6.45, 7) is 6.49. The van der Waals surface area contributed by atoms with E-state index in [2.05, 4.69) is 52.9 Å². The smallest absolute Gasteiger partial charge is 0.1000 e. The fourth-order valence-electron chi connectivity index (χ4n) is 0.772. The summed E-state index contributed by atoms with van der Waals surface area (Å²) in [7, 11) is 0. The Hall–Kier alpha value is -0.0600. The summed E-state index contributed by atoms with van der Waals surface area (Å²) in [5, 5.41) is 0. The molecule has 10 heavy (non-hydrogen) atoms. The Morgan fingerprint density at radius 2 is 2.10 bits per heavy atom. The van der Waals surface area contributed by atoms with Gasteiger partial charge in [-0.1, -0.05) is 0 Å². The molecule has 0 aromatic carbocycles. The molecule has 56 valence electrons. The zero-order valence-corrected chi connectivity index (χ0v) is 8.58. The normalized spacial score (nSPS) is 12.0. The number of rotatable bonds is 0. The van der Waals surface area contributed by atoms with E-state index in [0.717, 1.165) is 0 Å². The zero-order valence-electron chi connectivity index (χ0n) is 6.43. The summed E-state index contributed by atoms with van der Waals surface area (Å²) >= 11 is 2.28. The van der Waals surface area contributed by atoms with Gasteiger partial charge in [-0.25, -0.2) is 4.98 Å². The van der Waals surface area contributed by atoms with Crippen LogP contribution in [-0.2, 0) is 5.54 Å². The van der Waals surface area contributed by atoms with Gasteiger partial charge in [-0.2, -0.15) is 0 Å². The van der Waals surface area contributed by atoms with E-state index in [1.807, 2.05) is 12.5 Å². The molecule has 0 saturated heterocycles. The highest BCUT2D eigenvalue weighted by atomic mass is 127. The Bertz CT molecular complexity index is 222. The molecule has 0 atom stereocenters. The number of hydrogen-bond donors (Lipinski definition) is 0. The lowest BCUT2D eigenvalue weighted by Crippen LogP contribution is -2.21. The Morgan fingerprint density at radius 1 is 1.50 bits per heavy atom. The molecule has 3 heteroatoms. The first-order valence-corrected chi connectivity index (χ1v) is 4.28. The summed E-state index contributed by atoms with van der Waals surface area (Å²) in [4.78, 5) is 4.04. The molecule has 0 N–H and O–H groups in total. The van der Waals surface area contributed by atoms with Crippen LogP contribution in [0.15, 0.2) is 12.5 Å². The molecule has 1 aromatic heterocycles. The minimum absolute atomic E-state index is 0.160. The highest BCUT2D eigenvalue weighted by molar-refractivity contribution is 14.1. The van der Waals surface area contributed by atoms with Gasteiger partial charge in [0, 0.05) is 5.54 Å². The van der Waals surface area contributed by atoms with E-state index in [4.69, 9.17) is 0 Å². The van der Waals surface area contributed by atoms with Crippen molar-refractivity contribution in [3.8, 4) is 0 Å². The summed E-state index contributed by atoms with van der Waals surface area (Å²) in [6, 6.07) is 0. The van der Waals surface area contributed by atoms with Crippen LogP contribution < -0.4 is 0 Å². The van der Waals surface area contributed by atoms with Crippen molar-refractivity contribution in [1.29, 1.82) is 0 Å². The molecular formula is C7H11IN2. The van der Waals surface area contributed by atoms with Crippen LogP contribution in [-0.4, -0.2) is 9.55 Å². The van der Waals surface area contributed by atoms with E-state index in [1.54, 1.807) is 0 Å². The topological polar surface area (TPSA) is 17.8 Å². The van der Waals surface area contributed by atoms with Crippen LogP contribution in [0.5, 0.6) is 0 Å². The third kappa shape index (κ3) is 1.51. The first-order chi connectivity index (χ1) is 4.52. The van der Waals surface area contributed by atoms with Gasteiger partial charge >= 0.3 is 0 Å². The fraction of sp³-hybridized carbons (Fsp3) is 0.571. The zero-order chi connectivity index (χ0) is 7.78. The molecule has 0 amide bonds. The Morgan fingerprint density at radius 3 is 2.30 bits per heavy atom. The van der Waals surface area contributed by atoms with Gasteiger partial charge in [0.05, 0.1) is 16.2 Å². The Labute approximate surface area is 74.8 Å². The van der Waals surface area contributed by atoms with E-state index in [0.29, 0.717) is 0 Å². The maximum atomic E-state index is 4.04. The molecule has 0 radical (unpaired) electrons. The average Bonchev–Trinajstić information content (AvgIpc) is 2.11. The van der Waals surface area contributed by atoms with Gasteiger partial charge in [-0.05, 0) is 43.4 Å². The van der Waals surface area contributed by atoms with E-state index < -0.39 is 0 Å². The number of hydrogen-bond acceptors (Lipinski definition) is 1. The second kappa shape index (κ2) is 2.53. The lowest BCUT2D eigenvalue weighted by molar-refractivity contribution is 0.389. The number of halogens is 1. The molecule has 0 spiro atoms. The SMILES string of the molecule is CC(C)(C)n1cncc1I. The van der Waals surface area contributed by atoms with E-state index in [-0.39, 0.29) is 5.54 Å². The summed E-state index contributed by atoms with van der Waals surface area (Å²) in [5.41, 5.74) is 0.160. The van der Waals surface area contributed by atoms with Gasteiger partial charge < -0.3 is 4.57 Å². The van der Waals surface area contributed by atoms with Crippen LogP contribution in [0.25, 0.3) is 0 Å². The van der Waals surface area contributed by atoms with Crippen LogP contribution in [0.2, 0.25) is 0 Å². The quantitative estimate of drug-likeness (QED) is 0.645. The van der Waals surface area contributed by atoms with Gasteiger partial charge in [0.2, 0.25) is 0 Å². The highest BCUT2D eigenvalue weighted by Gasteiger charge is 2.13. The lowest BCUT2D eigenvalue weighted by Gasteiger charge is -2.21. The maximum Gasteiger partial charge on any atom is 0.1000 e. The predicted molar refractivity (Wildman–Crippen MR) is 49.9 cm³/mol. The largest absolute Gasteiger partial charge is 0.321 e. The summed E-state index contributed by atoms with van der Waals surface area (Å²) < 4.78 is 3.33. The van der Waals surface area contributed by atoms with Crippen molar-refractivity contribution in [2.75, 3.05) is 0 Å². The molecule has 0 aliphatic rings. The third-order valence-corrected chi connectivity index (χ3v) is 2.11. The van der Waals surface area contributed by atoms with Crippen molar-refractivity contribution < 1.29 is 0 Å². The predicted octanol–water partition coefficient (Wildman–Crippen LogP) is 2.24. The monoisotopic (exact) mass is 250 g/mol. The maximum absolute atomic E-state index is 4.04. The molecule has 1 rings (SSSR count). The van der Waals surface area contributed by atoms with Gasteiger partial charge in [0.25, 0.3) is 0 Å². The Kier molecular flexibility index (Phi) is 2.03. The van der Waals surface area contributed by atoms with Crippen LogP contribution in [0.1, 0.15) is 20.8 Å². The molecule has 0 saturated carbocycles. The van der Waals surface area contributed by atoms with Crippen molar-refractivity contribution in [2.24, 2.45) is 0 Å². The van der Waals surface area contributed by atoms with E-state index >= 15 is 0 Å². The molecule has 2 nitrogen and oxygen atoms in total. The van der Waals surface area contributed by atoms with E-state index in [1.165, 1.54) is 3.70 Å². The Balaban J connectivity index is 3.05. The van der Waals surface area contributed by atoms with E-state index in [9.17, 15) is 0 Å². The number of aromatic nitrogens is 2. The minimum atomic E-state index is 0.160. The molecule has 0 aliphatic heterocycles. The lowest BCUT2D eigenvalue weighted by atomic mass is 10.1. The fourth-order valence-corrected chi connectivity index (χ4v) is 1.78. The molecule has 0 unspecified atom stereocenters. The molecule has 0 fully saturated rings. The third-order valence-electron chi connectivity index (χ3n) is 1.32. The molecule has 1 aromatic rings. The standard InChI is InChI=1S/C7H11IN2/c1-7(2,3)10-5-9-4-6(10)8/h4-5H,1-3H3. The van der Waals surface area contributed by atoms with Crippen LogP contribution in [0.3, 0.4) is 0 Å². The van der Waals surface area contributed by atoms with Crippen molar-refractivity contribution >= 4 is 22.6 Å². The van der Waals surface area contributed by atoms with Gasteiger partial charge in [-0.15, -0.1) is 0 Å². The summed E-state index contributed by atoms with van der Waals surface area (Å²) in [5.74, 6) is 0. The minimum Gasteiger partial charge on any atom is -0.321 e. The van der Waals surface area contributed by atoms with Crippen molar-refractivity contribution in [1.82, 2.24) is 9.55 Å². The second-order valence-corrected chi connectivity index (χ2v) is 4.36. The van der Waals surface area contributed by atoms with Gasteiger partial charge in [0.15, 0.2) is 0 Å². The van der Waals surface area contributed by atoms with Crippen molar-refractivity contribution in [3.63, 3.8) is 0 Å². The molecular weight excluding hydrogens is 239 g/mol. The van der Waals surface area contributed by atoms with Crippen LogP contribution in [0, 0.1) is 3.70 Å². The second-order valence-electron chi connectivity index (χ2n) is 3.26. The number of nitrogens with zero attached hydrogens (tertiary/aromatic N) is 2. The van der Waals surface area contributed by atoms with Crippen molar-refractivity contribution in [3.05, 3.63) is 16.2 Å². The van der Waals surface area contributed by atoms with Crippen LogP contribution >= 0.6 is 22.6 Å². The molecule has 1 heterocycles. The van der Waals surface area contributed by atoms with Crippen molar-refractivity contribution in [2.45, 2.75) is 26.3 Å². The van der Waals surface area contributed by atoms with Gasteiger partial charge in [-0.3, -0.25) is 0 Å². The molecule has 0 bridgehead atoms. The van der Waals surface area contributed by atoms with Crippen LogP contribution in [0.4, 0.5) is 0 Å². The summed E-state index contributed by atoms with van der Waals surface area (Å²) in [6.07, 6.45) is 3.73. The number of imidazole rings is 1. The highest BCUT2D eigenvalue weighted by Crippen LogP contribution is 2.16. The van der Waals surface area contributed by atoms with Gasteiger partial charge in [0.1, 0.15) is 0 Å². The first-order valence-electron chi connectivity index (χ1n) is 3.20.